The van der Waals surface area contributed by atoms with Crippen LogP contribution in [-0.4, -0.2) is 42.0 Å². The monoisotopic (exact) mass is 322 g/mol. The summed E-state index contributed by atoms with van der Waals surface area (Å²) in [5, 5.41) is 9.32. The maximum atomic E-state index is 12.6. The molecule has 1 fully saturated rings. The number of aliphatic hydroxyl groups excluding tert-OH is 1. The van der Waals surface area contributed by atoms with Gasteiger partial charge in [-0.15, -0.1) is 0 Å². The third-order valence-electron chi connectivity index (χ3n) is 3.91. The van der Waals surface area contributed by atoms with E-state index in [1.165, 1.54) is 4.31 Å². The molecular weight excluding hydrogens is 304 g/mol. The van der Waals surface area contributed by atoms with Gasteiger partial charge in [-0.2, -0.15) is 4.31 Å². The summed E-state index contributed by atoms with van der Waals surface area (Å²) in [4.78, 5) is 4.45. The van der Waals surface area contributed by atoms with E-state index in [2.05, 4.69) is 4.98 Å². The first-order valence-electron chi connectivity index (χ1n) is 7.17. The zero-order valence-corrected chi connectivity index (χ0v) is 13.1. The molecule has 118 valence electrons. The first-order valence-corrected chi connectivity index (χ1v) is 8.61. The second-order valence-electron chi connectivity index (χ2n) is 5.37. The van der Waals surface area contributed by atoms with Crippen LogP contribution in [0.15, 0.2) is 39.8 Å². The van der Waals surface area contributed by atoms with E-state index < -0.39 is 10.0 Å². The van der Waals surface area contributed by atoms with E-state index in [1.54, 1.807) is 37.5 Å². The van der Waals surface area contributed by atoms with Gasteiger partial charge in [0.25, 0.3) is 0 Å². The van der Waals surface area contributed by atoms with Crippen LogP contribution in [0.25, 0.3) is 11.3 Å². The number of sulfonamides is 1. The summed E-state index contributed by atoms with van der Waals surface area (Å²) in [6.45, 7) is 2.07. The number of aryl methyl sites for hydroxylation is 1. The van der Waals surface area contributed by atoms with E-state index in [0.29, 0.717) is 24.6 Å². The summed E-state index contributed by atoms with van der Waals surface area (Å²) < 4.78 is 31.8. The number of oxazole rings is 1. The van der Waals surface area contributed by atoms with E-state index >= 15 is 0 Å². The molecule has 3 rings (SSSR count). The van der Waals surface area contributed by atoms with Crippen LogP contribution < -0.4 is 0 Å². The summed E-state index contributed by atoms with van der Waals surface area (Å²) in [5.74, 6) is 0.564. The van der Waals surface area contributed by atoms with E-state index in [9.17, 15) is 13.5 Å². The number of aromatic nitrogens is 1. The van der Waals surface area contributed by atoms with Crippen LogP contribution in [0.5, 0.6) is 0 Å². The van der Waals surface area contributed by atoms with Gasteiger partial charge >= 0.3 is 0 Å². The molecule has 1 N–H and O–H groups in total. The average molecular weight is 322 g/mol. The van der Waals surface area contributed by atoms with Crippen molar-refractivity contribution in [1.29, 1.82) is 0 Å². The van der Waals surface area contributed by atoms with Crippen LogP contribution in [0.2, 0.25) is 0 Å². The molecule has 1 atom stereocenters. The van der Waals surface area contributed by atoms with Gasteiger partial charge in [0.05, 0.1) is 11.5 Å². The fraction of sp³-hybridized carbons (Fsp3) is 0.400. The highest BCUT2D eigenvalue weighted by molar-refractivity contribution is 7.89. The molecule has 1 aliphatic heterocycles. The molecule has 1 aromatic carbocycles. The second-order valence-corrected chi connectivity index (χ2v) is 7.26. The van der Waals surface area contributed by atoms with E-state index in [1.807, 2.05) is 0 Å². The van der Waals surface area contributed by atoms with Crippen molar-refractivity contribution in [3.05, 3.63) is 36.4 Å². The molecule has 2 heterocycles. The quantitative estimate of drug-likeness (QED) is 0.928. The number of aliphatic hydroxyl groups is 1. The summed E-state index contributed by atoms with van der Waals surface area (Å²) in [6, 6.07) is 6.26. The zero-order valence-electron chi connectivity index (χ0n) is 12.3. The lowest BCUT2D eigenvalue weighted by atomic mass is 10.2. The first kappa shape index (κ1) is 15.2. The van der Waals surface area contributed by atoms with Crippen LogP contribution in [-0.2, 0) is 10.0 Å². The molecule has 22 heavy (non-hydrogen) atoms. The van der Waals surface area contributed by atoms with Crippen LogP contribution in [0.4, 0.5) is 0 Å². The largest absolute Gasteiger partial charge is 0.449 e. The first-order chi connectivity index (χ1) is 10.5. The fourth-order valence-corrected chi connectivity index (χ4v) is 4.42. The Balaban J connectivity index is 1.89. The highest BCUT2D eigenvalue weighted by atomic mass is 32.2. The molecule has 1 aromatic heterocycles. The molecule has 0 aliphatic carbocycles. The van der Waals surface area contributed by atoms with Crippen molar-refractivity contribution in [1.82, 2.24) is 9.29 Å². The second kappa shape index (κ2) is 5.83. The molecule has 0 radical (unpaired) electrons. The summed E-state index contributed by atoms with van der Waals surface area (Å²) in [7, 11) is -3.56. The van der Waals surface area contributed by atoms with Gasteiger partial charge in [-0.3, -0.25) is 0 Å². The number of benzene rings is 1. The van der Waals surface area contributed by atoms with Crippen molar-refractivity contribution < 1.29 is 17.9 Å². The van der Waals surface area contributed by atoms with Crippen LogP contribution in [0, 0.1) is 6.92 Å². The van der Waals surface area contributed by atoms with Gasteiger partial charge in [0.15, 0.2) is 5.89 Å². The maximum Gasteiger partial charge on any atom is 0.243 e. The predicted molar refractivity (Wildman–Crippen MR) is 80.7 cm³/mol. The van der Waals surface area contributed by atoms with E-state index in [0.717, 1.165) is 12.0 Å². The molecule has 1 saturated heterocycles. The van der Waals surface area contributed by atoms with Gasteiger partial charge in [-0.1, -0.05) is 12.1 Å². The van der Waals surface area contributed by atoms with E-state index in [4.69, 9.17) is 4.42 Å². The van der Waals surface area contributed by atoms with Crippen molar-refractivity contribution in [3.63, 3.8) is 0 Å². The summed E-state index contributed by atoms with van der Waals surface area (Å²) >= 11 is 0. The smallest absolute Gasteiger partial charge is 0.243 e. The SMILES string of the molecule is Cc1nc(-c2ccc(S(=O)(=O)N3CCC[C@H]3CO)cc2)co1. The Hall–Kier alpha value is -1.70. The highest BCUT2D eigenvalue weighted by Gasteiger charge is 2.34. The molecule has 0 spiro atoms. The Kier molecular flexibility index (Phi) is 4.03. The summed E-state index contributed by atoms with van der Waals surface area (Å²) in [6.07, 6.45) is 3.02. The van der Waals surface area contributed by atoms with Gasteiger partial charge in [0.1, 0.15) is 12.0 Å². The van der Waals surface area contributed by atoms with Crippen molar-refractivity contribution in [2.75, 3.05) is 13.2 Å². The van der Waals surface area contributed by atoms with Crippen molar-refractivity contribution >= 4 is 10.0 Å². The minimum absolute atomic E-state index is 0.143. The molecule has 0 amide bonds. The topological polar surface area (TPSA) is 83.6 Å². The third kappa shape index (κ3) is 2.67. The number of hydrogen-bond acceptors (Lipinski definition) is 5. The molecule has 6 nitrogen and oxygen atoms in total. The minimum atomic E-state index is -3.56. The molecule has 0 unspecified atom stereocenters. The molecular formula is C15H18N2O4S. The average Bonchev–Trinajstić information content (AvgIpc) is 3.16. The molecule has 0 bridgehead atoms. The lowest BCUT2D eigenvalue weighted by Crippen LogP contribution is -2.37. The fourth-order valence-electron chi connectivity index (χ4n) is 2.74. The van der Waals surface area contributed by atoms with Gasteiger partial charge in [-0.05, 0) is 25.0 Å². The zero-order chi connectivity index (χ0) is 15.7. The van der Waals surface area contributed by atoms with Crippen LogP contribution in [0.3, 0.4) is 0 Å². The molecule has 1 aliphatic rings. The lowest BCUT2D eigenvalue weighted by Gasteiger charge is -2.22. The third-order valence-corrected chi connectivity index (χ3v) is 5.88. The van der Waals surface area contributed by atoms with Gasteiger partial charge in [-0.25, -0.2) is 13.4 Å². The maximum absolute atomic E-state index is 12.6. The molecule has 0 saturated carbocycles. The van der Waals surface area contributed by atoms with Gasteiger partial charge in [0.2, 0.25) is 10.0 Å². The van der Waals surface area contributed by atoms with Crippen LogP contribution >= 0.6 is 0 Å². The number of rotatable bonds is 4. The molecule has 2 aromatic rings. The minimum Gasteiger partial charge on any atom is -0.449 e. The highest BCUT2D eigenvalue weighted by Crippen LogP contribution is 2.27. The normalized spacial score (nSPS) is 19.6. The number of nitrogens with zero attached hydrogens (tertiary/aromatic N) is 2. The lowest BCUT2D eigenvalue weighted by molar-refractivity contribution is 0.213. The Morgan fingerprint density at radius 1 is 1.36 bits per heavy atom. The van der Waals surface area contributed by atoms with Crippen molar-refractivity contribution in [3.8, 4) is 11.3 Å². The Morgan fingerprint density at radius 2 is 2.09 bits per heavy atom. The summed E-state index contributed by atoms with van der Waals surface area (Å²) in [5.41, 5.74) is 1.48. The van der Waals surface area contributed by atoms with E-state index in [-0.39, 0.29) is 17.5 Å². The van der Waals surface area contributed by atoms with Gasteiger partial charge in [0, 0.05) is 25.1 Å². The Labute approximate surface area is 129 Å². The Morgan fingerprint density at radius 3 is 2.68 bits per heavy atom. The molecule has 7 heteroatoms. The van der Waals surface area contributed by atoms with Gasteiger partial charge < -0.3 is 9.52 Å². The Bertz CT molecular complexity index is 752. The standard InChI is InChI=1S/C15H18N2O4S/c1-11-16-15(10-21-11)12-4-6-14(7-5-12)22(19,20)17-8-2-3-13(17)9-18/h4-7,10,13,18H,2-3,8-9H2,1H3/t13-/m0/s1. The van der Waals surface area contributed by atoms with Crippen LogP contribution in [0.1, 0.15) is 18.7 Å². The van der Waals surface area contributed by atoms with Crippen molar-refractivity contribution in [2.24, 2.45) is 0 Å². The number of hydrogen-bond donors (Lipinski definition) is 1. The van der Waals surface area contributed by atoms with Crippen molar-refractivity contribution in [2.45, 2.75) is 30.7 Å². The predicted octanol–water partition coefficient (Wildman–Crippen LogP) is 1.80.